The second-order valence-corrected chi connectivity index (χ2v) is 5.30. The van der Waals surface area contributed by atoms with Gasteiger partial charge in [-0.25, -0.2) is 0 Å². The monoisotopic (exact) mass is 268 g/mol. The maximum atomic E-state index is 6.42. The zero-order valence-corrected chi connectivity index (χ0v) is 11.8. The van der Waals surface area contributed by atoms with Crippen LogP contribution in [0, 0.1) is 0 Å². The maximum Gasteiger partial charge on any atom is 0.120 e. The number of benzene rings is 1. The molecular weight excluding hydrogens is 248 g/mol. The lowest BCUT2D eigenvalue weighted by molar-refractivity contribution is 0.303. The number of aromatic nitrogens is 1. The van der Waals surface area contributed by atoms with E-state index in [0.717, 1.165) is 23.3 Å². The number of hydrogen-bond donors (Lipinski definition) is 1. The Morgan fingerprint density at radius 2 is 2.20 bits per heavy atom. The highest BCUT2D eigenvalue weighted by Gasteiger charge is 2.23. The van der Waals surface area contributed by atoms with Gasteiger partial charge in [-0.05, 0) is 54.2 Å². The molecular formula is C17H20N2O. The molecule has 0 amide bonds. The SMILES string of the molecule is CCc1cnccc1C(N)c1cccc(OC2CC2)c1. The molecule has 3 nitrogen and oxygen atoms in total. The lowest BCUT2D eigenvalue weighted by Gasteiger charge is -2.17. The van der Waals surface area contributed by atoms with E-state index in [1.807, 2.05) is 24.4 Å². The number of rotatable bonds is 5. The van der Waals surface area contributed by atoms with Crippen molar-refractivity contribution in [1.82, 2.24) is 4.98 Å². The summed E-state index contributed by atoms with van der Waals surface area (Å²) in [6, 6.07) is 10.0. The average Bonchev–Trinajstić information content (AvgIpc) is 3.30. The highest BCUT2D eigenvalue weighted by atomic mass is 16.5. The molecule has 1 saturated carbocycles. The summed E-state index contributed by atoms with van der Waals surface area (Å²) < 4.78 is 5.84. The molecule has 1 aromatic carbocycles. The largest absolute Gasteiger partial charge is 0.490 e. The first-order valence-corrected chi connectivity index (χ1v) is 7.23. The van der Waals surface area contributed by atoms with Crippen molar-refractivity contribution in [2.45, 2.75) is 38.3 Å². The van der Waals surface area contributed by atoms with Crippen LogP contribution in [0.15, 0.2) is 42.7 Å². The van der Waals surface area contributed by atoms with Crippen molar-refractivity contribution in [3.8, 4) is 5.75 Å². The van der Waals surface area contributed by atoms with Gasteiger partial charge in [0.2, 0.25) is 0 Å². The Bertz CT molecular complexity index is 593. The van der Waals surface area contributed by atoms with Crippen LogP contribution in [0.25, 0.3) is 0 Å². The third-order valence-electron chi connectivity index (χ3n) is 3.70. The Kier molecular flexibility index (Phi) is 3.70. The van der Waals surface area contributed by atoms with E-state index in [4.69, 9.17) is 10.5 Å². The van der Waals surface area contributed by atoms with Gasteiger partial charge in [0.15, 0.2) is 0 Å². The third-order valence-corrected chi connectivity index (χ3v) is 3.70. The molecule has 0 aliphatic heterocycles. The normalized spacial score (nSPS) is 15.9. The van der Waals surface area contributed by atoms with Crippen LogP contribution in [0.2, 0.25) is 0 Å². The second kappa shape index (κ2) is 5.63. The van der Waals surface area contributed by atoms with E-state index in [1.165, 1.54) is 18.4 Å². The summed E-state index contributed by atoms with van der Waals surface area (Å²) in [5.41, 5.74) is 9.86. The molecule has 2 N–H and O–H groups in total. The lowest BCUT2D eigenvalue weighted by atomic mass is 9.95. The molecule has 1 fully saturated rings. The molecule has 1 aromatic heterocycles. The molecule has 1 aliphatic carbocycles. The van der Waals surface area contributed by atoms with Crippen LogP contribution in [0.4, 0.5) is 0 Å². The minimum absolute atomic E-state index is 0.129. The quantitative estimate of drug-likeness (QED) is 0.905. The van der Waals surface area contributed by atoms with Gasteiger partial charge in [0, 0.05) is 12.4 Å². The highest BCUT2D eigenvalue weighted by molar-refractivity contribution is 5.39. The molecule has 1 aliphatic rings. The standard InChI is InChI=1S/C17H20N2O/c1-2-12-11-19-9-8-16(12)17(18)13-4-3-5-15(10-13)20-14-6-7-14/h3-5,8-11,14,17H,2,6-7,18H2,1H3. The summed E-state index contributed by atoms with van der Waals surface area (Å²) >= 11 is 0. The Hall–Kier alpha value is -1.87. The van der Waals surface area contributed by atoms with Gasteiger partial charge in [0.25, 0.3) is 0 Å². The molecule has 3 heteroatoms. The molecule has 1 atom stereocenters. The maximum absolute atomic E-state index is 6.42. The summed E-state index contributed by atoms with van der Waals surface area (Å²) in [7, 11) is 0. The average molecular weight is 268 g/mol. The first-order chi connectivity index (χ1) is 9.78. The van der Waals surface area contributed by atoms with Gasteiger partial charge >= 0.3 is 0 Å². The van der Waals surface area contributed by atoms with E-state index >= 15 is 0 Å². The highest BCUT2D eigenvalue weighted by Crippen LogP contribution is 2.30. The molecule has 0 saturated heterocycles. The van der Waals surface area contributed by atoms with Crippen molar-refractivity contribution in [3.63, 3.8) is 0 Å². The zero-order chi connectivity index (χ0) is 13.9. The smallest absolute Gasteiger partial charge is 0.120 e. The summed E-state index contributed by atoms with van der Waals surface area (Å²) in [6.45, 7) is 2.12. The van der Waals surface area contributed by atoms with Crippen molar-refractivity contribution >= 4 is 0 Å². The van der Waals surface area contributed by atoms with Gasteiger partial charge in [-0.1, -0.05) is 19.1 Å². The van der Waals surface area contributed by atoms with Crippen molar-refractivity contribution in [2.75, 3.05) is 0 Å². The Morgan fingerprint density at radius 1 is 1.35 bits per heavy atom. The predicted octanol–water partition coefficient (Wildman–Crippen LogP) is 3.23. The van der Waals surface area contributed by atoms with Crippen molar-refractivity contribution in [1.29, 1.82) is 0 Å². The molecule has 0 spiro atoms. The van der Waals surface area contributed by atoms with E-state index in [9.17, 15) is 0 Å². The summed E-state index contributed by atoms with van der Waals surface area (Å²) in [5.74, 6) is 0.924. The number of aryl methyl sites for hydroxylation is 1. The van der Waals surface area contributed by atoms with E-state index in [0.29, 0.717) is 6.10 Å². The Morgan fingerprint density at radius 3 is 2.95 bits per heavy atom. The molecule has 1 unspecified atom stereocenters. The van der Waals surface area contributed by atoms with E-state index < -0.39 is 0 Å². The van der Waals surface area contributed by atoms with Crippen molar-refractivity contribution in [2.24, 2.45) is 5.73 Å². The molecule has 2 aromatic rings. The number of nitrogens with two attached hydrogens (primary N) is 1. The van der Waals surface area contributed by atoms with Crippen molar-refractivity contribution in [3.05, 3.63) is 59.4 Å². The van der Waals surface area contributed by atoms with Crippen molar-refractivity contribution < 1.29 is 4.74 Å². The third kappa shape index (κ3) is 2.83. The molecule has 1 heterocycles. The molecule has 0 radical (unpaired) electrons. The van der Waals surface area contributed by atoms with Crippen LogP contribution >= 0.6 is 0 Å². The number of pyridine rings is 1. The summed E-state index contributed by atoms with van der Waals surface area (Å²) in [6.07, 6.45) is 7.39. The summed E-state index contributed by atoms with van der Waals surface area (Å²) in [5, 5.41) is 0. The van der Waals surface area contributed by atoms with Gasteiger partial charge < -0.3 is 10.5 Å². The van der Waals surface area contributed by atoms with Crippen LogP contribution in [0.5, 0.6) is 5.75 Å². The first kappa shape index (κ1) is 13.1. The lowest BCUT2D eigenvalue weighted by Crippen LogP contribution is -2.14. The fraction of sp³-hybridized carbons (Fsp3) is 0.353. The minimum Gasteiger partial charge on any atom is -0.490 e. The van der Waals surface area contributed by atoms with Gasteiger partial charge in [-0.15, -0.1) is 0 Å². The van der Waals surface area contributed by atoms with Crippen LogP contribution in [-0.2, 0) is 6.42 Å². The van der Waals surface area contributed by atoms with Gasteiger partial charge in [-0.3, -0.25) is 4.98 Å². The van der Waals surface area contributed by atoms with Crippen LogP contribution in [0.3, 0.4) is 0 Å². The van der Waals surface area contributed by atoms with E-state index in [-0.39, 0.29) is 6.04 Å². The van der Waals surface area contributed by atoms with Gasteiger partial charge in [0.1, 0.15) is 5.75 Å². The fourth-order valence-corrected chi connectivity index (χ4v) is 2.38. The Balaban J connectivity index is 1.87. The zero-order valence-electron chi connectivity index (χ0n) is 11.8. The number of ether oxygens (including phenoxy) is 1. The minimum atomic E-state index is -0.129. The number of nitrogens with zero attached hydrogens (tertiary/aromatic N) is 1. The van der Waals surface area contributed by atoms with Gasteiger partial charge in [0.05, 0.1) is 12.1 Å². The fourth-order valence-electron chi connectivity index (χ4n) is 2.38. The molecule has 104 valence electrons. The molecule has 0 bridgehead atoms. The topological polar surface area (TPSA) is 48.1 Å². The predicted molar refractivity (Wildman–Crippen MR) is 79.7 cm³/mol. The molecule has 20 heavy (non-hydrogen) atoms. The first-order valence-electron chi connectivity index (χ1n) is 7.23. The van der Waals surface area contributed by atoms with Crippen LogP contribution < -0.4 is 10.5 Å². The van der Waals surface area contributed by atoms with Gasteiger partial charge in [-0.2, -0.15) is 0 Å². The van der Waals surface area contributed by atoms with E-state index in [2.05, 4.69) is 24.0 Å². The number of hydrogen-bond acceptors (Lipinski definition) is 3. The van der Waals surface area contributed by atoms with Crippen LogP contribution in [0.1, 0.15) is 42.5 Å². The Labute approximate surface area is 119 Å². The molecule has 3 rings (SSSR count). The van der Waals surface area contributed by atoms with Crippen LogP contribution in [-0.4, -0.2) is 11.1 Å². The summed E-state index contributed by atoms with van der Waals surface area (Å²) in [4.78, 5) is 4.18. The second-order valence-electron chi connectivity index (χ2n) is 5.30. The van der Waals surface area contributed by atoms with E-state index in [1.54, 1.807) is 6.20 Å².